The second-order valence-corrected chi connectivity index (χ2v) is 6.01. The van der Waals surface area contributed by atoms with Crippen molar-refractivity contribution in [1.82, 2.24) is 9.80 Å². The third kappa shape index (κ3) is 4.01. The molecule has 1 aromatic rings. The largest absolute Gasteiger partial charge is 0.324 e. The van der Waals surface area contributed by atoms with E-state index in [-0.39, 0.29) is 11.9 Å². The van der Waals surface area contributed by atoms with Crippen LogP contribution in [0.1, 0.15) is 30.9 Å². The summed E-state index contributed by atoms with van der Waals surface area (Å²) in [7, 11) is 4.23. The zero-order chi connectivity index (χ0) is 14.5. The third-order valence-electron chi connectivity index (χ3n) is 4.11. The summed E-state index contributed by atoms with van der Waals surface area (Å²) in [6.45, 7) is 3.19. The number of likely N-dealkylation sites (N-methyl/N-ethyl adjacent to an activating group) is 1. The molecule has 1 aliphatic heterocycles. The van der Waals surface area contributed by atoms with Crippen LogP contribution in [-0.2, 0) is 0 Å². The van der Waals surface area contributed by atoms with Crippen molar-refractivity contribution in [1.29, 1.82) is 0 Å². The molecule has 112 valence electrons. The Labute approximate surface area is 121 Å². The molecule has 2 atom stereocenters. The summed E-state index contributed by atoms with van der Waals surface area (Å²) in [6.07, 6.45) is 3.32. The summed E-state index contributed by atoms with van der Waals surface area (Å²) in [4.78, 5) is 4.74. The average molecular weight is 279 g/mol. The molecule has 0 spiro atoms. The van der Waals surface area contributed by atoms with E-state index in [9.17, 15) is 4.39 Å². The maximum atomic E-state index is 13.7. The molecule has 0 saturated carbocycles. The first-order chi connectivity index (χ1) is 9.58. The predicted octanol–water partition coefficient (Wildman–Crippen LogP) is 2.24. The molecule has 1 fully saturated rings. The van der Waals surface area contributed by atoms with E-state index in [4.69, 9.17) is 5.73 Å². The van der Waals surface area contributed by atoms with Gasteiger partial charge in [-0.2, -0.15) is 0 Å². The lowest BCUT2D eigenvalue weighted by Gasteiger charge is -2.28. The summed E-state index contributed by atoms with van der Waals surface area (Å²) >= 11 is 0. The van der Waals surface area contributed by atoms with E-state index in [0.29, 0.717) is 11.6 Å². The molecule has 2 N–H and O–H groups in total. The quantitative estimate of drug-likeness (QED) is 0.867. The molecule has 2 unspecified atom stereocenters. The number of nitrogens with two attached hydrogens (primary N) is 1. The van der Waals surface area contributed by atoms with Gasteiger partial charge in [0, 0.05) is 30.7 Å². The molecule has 0 bridgehead atoms. The zero-order valence-corrected chi connectivity index (χ0v) is 12.6. The Balaban J connectivity index is 1.87. The summed E-state index contributed by atoms with van der Waals surface area (Å²) in [5.74, 6) is -0.189. The number of rotatable bonds is 6. The Hall–Kier alpha value is -0.970. The Bertz CT molecular complexity index is 422. The molecule has 1 aromatic carbocycles. The van der Waals surface area contributed by atoms with Gasteiger partial charge in [0.2, 0.25) is 0 Å². The van der Waals surface area contributed by atoms with Crippen molar-refractivity contribution in [2.24, 2.45) is 5.73 Å². The molecule has 3 nitrogen and oxygen atoms in total. The maximum absolute atomic E-state index is 13.7. The summed E-state index contributed by atoms with van der Waals surface area (Å²) in [5.41, 5.74) is 6.78. The molecule has 20 heavy (non-hydrogen) atoms. The van der Waals surface area contributed by atoms with E-state index in [0.717, 1.165) is 26.1 Å². The Morgan fingerprint density at radius 3 is 2.85 bits per heavy atom. The fourth-order valence-electron chi connectivity index (χ4n) is 3.05. The van der Waals surface area contributed by atoms with E-state index in [1.54, 1.807) is 12.1 Å². The van der Waals surface area contributed by atoms with Gasteiger partial charge in [-0.1, -0.05) is 18.2 Å². The van der Waals surface area contributed by atoms with Crippen LogP contribution in [0.15, 0.2) is 24.3 Å². The van der Waals surface area contributed by atoms with Crippen LogP contribution in [0.2, 0.25) is 0 Å². The van der Waals surface area contributed by atoms with E-state index in [1.807, 2.05) is 6.07 Å². The highest BCUT2D eigenvalue weighted by molar-refractivity contribution is 5.20. The molecule has 4 heteroatoms. The SMILES string of the molecule is CN(C)CC1CCCN1CCC(N)c1ccccc1F. The molecular weight excluding hydrogens is 253 g/mol. The second kappa shape index (κ2) is 7.16. The Morgan fingerprint density at radius 2 is 2.15 bits per heavy atom. The highest BCUT2D eigenvalue weighted by Crippen LogP contribution is 2.22. The monoisotopic (exact) mass is 279 g/mol. The van der Waals surface area contributed by atoms with Crippen molar-refractivity contribution >= 4 is 0 Å². The van der Waals surface area contributed by atoms with Crippen molar-refractivity contribution in [3.05, 3.63) is 35.6 Å². The van der Waals surface area contributed by atoms with Crippen LogP contribution in [0.4, 0.5) is 4.39 Å². The van der Waals surface area contributed by atoms with Gasteiger partial charge in [-0.05, 0) is 46.0 Å². The summed E-state index contributed by atoms with van der Waals surface area (Å²) in [5, 5.41) is 0. The van der Waals surface area contributed by atoms with E-state index in [2.05, 4.69) is 23.9 Å². The van der Waals surface area contributed by atoms with E-state index in [1.165, 1.54) is 18.9 Å². The van der Waals surface area contributed by atoms with Crippen LogP contribution in [0.25, 0.3) is 0 Å². The number of hydrogen-bond acceptors (Lipinski definition) is 3. The van der Waals surface area contributed by atoms with Gasteiger partial charge in [0.15, 0.2) is 0 Å². The van der Waals surface area contributed by atoms with Crippen molar-refractivity contribution in [2.75, 3.05) is 33.7 Å². The smallest absolute Gasteiger partial charge is 0.127 e. The average Bonchev–Trinajstić information content (AvgIpc) is 2.83. The molecule has 0 aliphatic carbocycles. The fourth-order valence-corrected chi connectivity index (χ4v) is 3.05. The molecule has 1 saturated heterocycles. The normalized spacial score (nSPS) is 21.6. The lowest BCUT2D eigenvalue weighted by atomic mass is 10.0. The molecule has 1 heterocycles. The van der Waals surface area contributed by atoms with Gasteiger partial charge in [-0.15, -0.1) is 0 Å². The number of hydrogen-bond donors (Lipinski definition) is 1. The van der Waals surface area contributed by atoms with Crippen LogP contribution in [0.3, 0.4) is 0 Å². The molecular formula is C16H26FN3. The zero-order valence-electron chi connectivity index (χ0n) is 12.6. The highest BCUT2D eigenvalue weighted by Gasteiger charge is 2.25. The van der Waals surface area contributed by atoms with Crippen molar-refractivity contribution in [2.45, 2.75) is 31.3 Å². The van der Waals surface area contributed by atoms with Crippen molar-refractivity contribution in [3.63, 3.8) is 0 Å². The summed E-state index contributed by atoms with van der Waals surface area (Å²) in [6, 6.07) is 7.25. The Morgan fingerprint density at radius 1 is 1.40 bits per heavy atom. The molecule has 0 amide bonds. The Kier molecular flexibility index (Phi) is 5.52. The topological polar surface area (TPSA) is 32.5 Å². The van der Waals surface area contributed by atoms with Gasteiger partial charge in [0.05, 0.1) is 0 Å². The number of halogens is 1. The van der Waals surface area contributed by atoms with Crippen LogP contribution in [-0.4, -0.2) is 49.6 Å². The maximum Gasteiger partial charge on any atom is 0.127 e. The molecule has 2 rings (SSSR count). The first kappa shape index (κ1) is 15.4. The lowest BCUT2D eigenvalue weighted by molar-refractivity contribution is 0.202. The predicted molar refractivity (Wildman–Crippen MR) is 81.1 cm³/mol. The number of benzene rings is 1. The van der Waals surface area contributed by atoms with Crippen molar-refractivity contribution < 1.29 is 4.39 Å². The molecule has 0 aromatic heterocycles. The van der Waals surface area contributed by atoms with Gasteiger partial charge in [0.1, 0.15) is 5.82 Å². The minimum atomic E-state index is -0.211. The van der Waals surface area contributed by atoms with Crippen LogP contribution < -0.4 is 5.73 Å². The van der Waals surface area contributed by atoms with Gasteiger partial charge >= 0.3 is 0 Å². The second-order valence-electron chi connectivity index (χ2n) is 6.01. The highest BCUT2D eigenvalue weighted by atomic mass is 19.1. The van der Waals surface area contributed by atoms with Gasteiger partial charge in [0.25, 0.3) is 0 Å². The lowest BCUT2D eigenvalue weighted by Crippen LogP contribution is -2.38. The van der Waals surface area contributed by atoms with Crippen LogP contribution in [0.5, 0.6) is 0 Å². The fraction of sp³-hybridized carbons (Fsp3) is 0.625. The molecule has 1 aliphatic rings. The minimum absolute atomic E-state index is 0.189. The van der Waals surface area contributed by atoms with Gasteiger partial charge in [-0.3, -0.25) is 4.90 Å². The first-order valence-electron chi connectivity index (χ1n) is 7.46. The van der Waals surface area contributed by atoms with Crippen molar-refractivity contribution in [3.8, 4) is 0 Å². The van der Waals surface area contributed by atoms with E-state index < -0.39 is 0 Å². The standard InChI is InChI=1S/C16H26FN3/c1-19(2)12-13-6-5-10-20(13)11-9-16(18)14-7-3-4-8-15(14)17/h3-4,7-8,13,16H,5-6,9-12,18H2,1-2H3. The first-order valence-corrected chi connectivity index (χ1v) is 7.46. The summed E-state index contributed by atoms with van der Waals surface area (Å²) < 4.78 is 13.7. The van der Waals surface area contributed by atoms with E-state index >= 15 is 0 Å². The number of likely N-dealkylation sites (tertiary alicyclic amines) is 1. The number of nitrogens with zero attached hydrogens (tertiary/aromatic N) is 2. The van der Waals surface area contributed by atoms with Crippen LogP contribution >= 0.6 is 0 Å². The third-order valence-corrected chi connectivity index (χ3v) is 4.11. The van der Waals surface area contributed by atoms with Gasteiger partial charge < -0.3 is 10.6 Å². The minimum Gasteiger partial charge on any atom is -0.324 e. The van der Waals surface area contributed by atoms with Gasteiger partial charge in [-0.25, -0.2) is 4.39 Å². The molecule has 0 radical (unpaired) electrons. The van der Waals surface area contributed by atoms with Crippen LogP contribution in [0, 0.1) is 5.82 Å².